The monoisotopic (exact) mass is 258 g/mol. The van der Waals surface area contributed by atoms with Gasteiger partial charge in [0.15, 0.2) is 0 Å². The summed E-state index contributed by atoms with van der Waals surface area (Å²) in [6.07, 6.45) is 15.5. The Hall–Kier alpha value is -1.44. The quantitative estimate of drug-likeness (QED) is 0.747. The summed E-state index contributed by atoms with van der Waals surface area (Å²) in [4.78, 5) is 11.2. The van der Waals surface area contributed by atoms with Crippen molar-refractivity contribution in [2.45, 2.75) is 19.8 Å². The molecule has 3 rings (SSSR count). The first-order valence-electron chi connectivity index (χ1n) is 7.07. The van der Waals surface area contributed by atoms with Crippen LogP contribution >= 0.6 is 0 Å². The van der Waals surface area contributed by atoms with Crippen LogP contribution in [0.2, 0.25) is 0 Å². The number of fused-ring (bicyclic) bond motifs is 3. The molecule has 3 aliphatic carbocycles. The number of hydrogen-bond acceptors (Lipinski definition) is 1. The lowest BCUT2D eigenvalue weighted by Gasteiger charge is -2.23. The van der Waals surface area contributed by atoms with E-state index in [9.17, 15) is 9.18 Å². The van der Waals surface area contributed by atoms with Crippen molar-refractivity contribution in [3.8, 4) is 0 Å². The van der Waals surface area contributed by atoms with E-state index in [1.807, 2.05) is 6.08 Å². The fourth-order valence-corrected chi connectivity index (χ4v) is 3.94. The molecule has 0 spiro atoms. The molecule has 0 N–H and O–H groups in total. The maximum Gasteiger partial charge on any atom is 0.129 e. The SMILES string of the molecule is CC(=O)CCC1C2C=CC=CC2C2C=CC(F)=CC21. The molecule has 100 valence electrons. The lowest BCUT2D eigenvalue weighted by Crippen LogP contribution is -2.17. The molecule has 0 bridgehead atoms. The summed E-state index contributed by atoms with van der Waals surface area (Å²) in [6, 6.07) is 0. The van der Waals surface area contributed by atoms with E-state index in [4.69, 9.17) is 0 Å². The highest BCUT2D eigenvalue weighted by molar-refractivity contribution is 5.75. The highest BCUT2D eigenvalue weighted by atomic mass is 19.1. The van der Waals surface area contributed by atoms with Crippen LogP contribution in [0.25, 0.3) is 0 Å². The third kappa shape index (κ3) is 2.24. The molecular formula is C17H19FO. The second kappa shape index (κ2) is 4.92. The molecule has 3 aliphatic rings. The van der Waals surface area contributed by atoms with Crippen molar-refractivity contribution < 1.29 is 9.18 Å². The van der Waals surface area contributed by atoms with E-state index in [-0.39, 0.29) is 17.5 Å². The van der Waals surface area contributed by atoms with Gasteiger partial charge in [-0.05, 0) is 55.1 Å². The average molecular weight is 258 g/mol. The average Bonchev–Trinajstić information content (AvgIpc) is 2.69. The highest BCUT2D eigenvalue weighted by Crippen LogP contribution is 2.53. The Balaban J connectivity index is 1.88. The first-order valence-corrected chi connectivity index (χ1v) is 7.07. The van der Waals surface area contributed by atoms with Crippen molar-refractivity contribution in [3.05, 3.63) is 48.4 Å². The number of carbonyl (C=O) groups is 1. The minimum absolute atomic E-state index is 0.124. The molecule has 1 nitrogen and oxygen atoms in total. The molecular weight excluding hydrogens is 239 g/mol. The van der Waals surface area contributed by atoms with E-state index < -0.39 is 0 Å². The van der Waals surface area contributed by atoms with Crippen molar-refractivity contribution in [1.82, 2.24) is 0 Å². The van der Waals surface area contributed by atoms with Crippen LogP contribution in [0, 0.1) is 29.6 Å². The molecule has 1 saturated carbocycles. The number of allylic oxidation sites excluding steroid dienone is 8. The Kier molecular flexibility index (Phi) is 3.26. The summed E-state index contributed by atoms with van der Waals surface area (Å²) in [5.74, 6) is 2.04. The molecule has 0 saturated heterocycles. The topological polar surface area (TPSA) is 17.1 Å². The number of ketones is 1. The van der Waals surface area contributed by atoms with Crippen molar-refractivity contribution >= 4 is 5.78 Å². The van der Waals surface area contributed by atoms with Crippen LogP contribution in [0.3, 0.4) is 0 Å². The Bertz CT molecular complexity index is 497. The second-order valence-electron chi connectivity index (χ2n) is 5.89. The summed E-state index contributed by atoms with van der Waals surface area (Å²) in [5, 5.41) is 0. The number of halogens is 1. The maximum absolute atomic E-state index is 13.5. The summed E-state index contributed by atoms with van der Waals surface area (Å²) < 4.78 is 13.5. The van der Waals surface area contributed by atoms with Gasteiger partial charge in [0.25, 0.3) is 0 Å². The van der Waals surface area contributed by atoms with E-state index in [1.165, 1.54) is 0 Å². The van der Waals surface area contributed by atoms with Gasteiger partial charge in [0.1, 0.15) is 11.6 Å². The van der Waals surface area contributed by atoms with Crippen LogP contribution in [0.4, 0.5) is 4.39 Å². The van der Waals surface area contributed by atoms with Gasteiger partial charge in [-0.1, -0.05) is 30.4 Å². The van der Waals surface area contributed by atoms with Crippen LogP contribution in [0.1, 0.15) is 19.8 Å². The zero-order chi connectivity index (χ0) is 13.4. The minimum Gasteiger partial charge on any atom is -0.300 e. The first-order chi connectivity index (χ1) is 9.16. The van der Waals surface area contributed by atoms with Gasteiger partial charge >= 0.3 is 0 Å². The number of carbonyl (C=O) groups excluding carboxylic acids is 1. The molecule has 5 atom stereocenters. The normalized spacial score (nSPS) is 38.8. The molecule has 0 amide bonds. The Morgan fingerprint density at radius 1 is 1.11 bits per heavy atom. The molecule has 0 heterocycles. The van der Waals surface area contributed by atoms with E-state index in [0.717, 1.165) is 6.42 Å². The third-order valence-electron chi connectivity index (χ3n) is 4.76. The fourth-order valence-electron chi connectivity index (χ4n) is 3.94. The zero-order valence-corrected chi connectivity index (χ0v) is 11.1. The molecule has 0 aliphatic heterocycles. The molecule has 0 radical (unpaired) electrons. The van der Waals surface area contributed by atoms with E-state index in [1.54, 1.807) is 19.1 Å². The molecule has 0 aromatic rings. The van der Waals surface area contributed by atoms with E-state index in [2.05, 4.69) is 24.3 Å². The minimum atomic E-state index is -0.124. The molecule has 2 heteroatoms. The smallest absolute Gasteiger partial charge is 0.129 e. The highest BCUT2D eigenvalue weighted by Gasteiger charge is 2.47. The van der Waals surface area contributed by atoms with Crippen molar-refractivity contribution in [3.63, 3.8) is 0 Å². The van der Waals surface area contributed by atoms with Gasteiger partial charge in [-0.2, -0.15) is 0 Å². The van der Waals surface area contributed by atoms with Gasteiger partial charge in [0.2, 0.25) is 0 Å². The Labute approximate surface area is 113 Å². The Morgan fingerprint density at radius 2 is 1.79 bits per heavy atom. The predicted molar refractivity (Wildman–Crippen MR) is 74.0 cm³/mol. The van der Waals surface area contributed by atoms with Crippen LogP contribution in [0.15, 0.2) is 48.4 Å². The van der Waals surface area contributed by atoms with Gasteiger partial charge in [0.05, 0.1) is 0 Å². The van der Waals surface area contributed by atoms with Gasteiger partial charge in [-0.15, -0.1) is 0 Å². The zero-order valence-electron chi connectivity index (χ0n) is 11.1. The molecule has 19 heavy (non-hydrogen) atoms. The predicted octanol–water partition coefficient (Wildman–Crippen LogP) is 4.00. The number of rotatable bonds is 3. The van der Waals surface area contributed by atoms with E-state index in [0.29, 0.717) is 30.1 Å². The summed E-state index contributed by atoms with van der Waals surface area (Å²) in [6.45, 7) is 1.64. The van der Waals surface area contributed by atoms with Gasteiger partial charge in [0, 0.05) is 6.42 Å². The summed E-state index contributed by atoms with van der Waals surface area (Å²) in [5.41, 5.74) is 0. The van der Waals surface area contributed by atoms with Crippen molar-refractivity contribution in [1.29, 1.82) is 0 Å². The second-order valence-corrected chi connectivity index (χ2v) is 5.89. The van der Waals surface area contributed by atoms with Crippen LogP contribution < -0.4 is 0 Å². The summed E-state index contributed by atoms with van der Waals surface area (Å²) >= 11 is 0. The van der Waals surface area contributed by atoms with Crippen LogP contribution in [-0.4, -0.2) is 5.78 Å². The molecule has 5 unspecified atom stereocenters. The largest absolute Gasteiger partial charge is 0.300 e. The number of hydrogen-bond donors (Lipinski definition) is 0. The van der Waals surface area contributed by atoms with Crippen LogP contribution in [0.5, 0.6) is 0 Å². The molecule has 0 aromatic carbocycles. The van der Waals surface area contributed by atoms with Gasteiger partial charge in [-0.3, -0.25) is 0 Å². The van der Waals surface area contributed by atoms with Gasteiger partial charge < -0.3 is 4.79 Å². The number of Topliss-reactive ketones (excluding diaryl/α,β-unsaturated/α-hetero) is 1. The van der Waals surface area contributed by atoms with Crippen molar-refractivity contribution in [2.24, 2.45) is 29.6 Å². The Morgan fingerprint density at radius 3 is 2.53 bits per heavy atom. The maximum atomic E-state index is 13.5. The lowest BCUT2D eigenvalue weighted by atomic mass is 9.81. The standard InChI is InChI=1S/C17H19FO/c1-11(19)6-8-15-13-4-2-3-5-14(13)16-9-7-12(18)10-17(15)16/h2-5,7,9-10,13-17H,6,8H2,1H3. The van der Waals surface area contributed by atoms with Crippen LogP contribution in [-0.2, 0) is 4.79 Å². The lowest BCUT2D eigenvalue weighted by molar-refractivity contribution is -0.117. The molecule has 1 fully saturated rings. The first kappa shape index (κ1) is 12.6. The summed E-state index contributed by atoms with van der Waals surface area (Å²) in [7, 11) is 0. The fraction of sp³-hybridized carbons (Fsp3) is 0.471. The third-order valence-corrected chi connectivity index (χ3v) is 4.76. The molecule has 0 aromatic heterocycles. The van der Waals surface area contributed by atoms with E-state index >= 15 is 0 Å². The van der Waals surface area contributed by atoms with Crippen molar-refractivity contribution in [2.75, 3.05) is 0 Å². The van der Waals surface area contributed by atoms with Gasteiger partial charge in [-0.25, -0.2) is 4.39 Å².